The molecule has 3 aromatic carbocycles. The summed E-state index contributed by atoms with van der Waals surface area (Å²) < 4.78 is 15.1. The largest absolute Gasteiger partial charge is 0.493 e. The Balaban J connectivity index is 1.74. The Labute approximate surface area is 239 Å². The lowest BCUT2D eigenvalue weighted by atomic mass is 10.1. The fourth-order valence-corrected chi connectivity index (χ4v) is 4.65. The van der Waals surface area contributed by atoms with Crippen molar-refractivity contribution in [2.45, 2.75) is 39.2 Å². The summed E-state index contributed by atoms with van der Waals surface area (Å²) in [5.74, 6) is 1.91. The maximum atomic E-state index is 13.5. The van der Waals surface area contributed by atoms with Gasteiger partial charge in [-0.1, -0.05) is 63.9 Å². The molecule has 0 radical (unpaired) electrons. The summed E-state index contributed by atoms with van der Waals surface area (Å²) in [5.41, 5.74) is 3.16. The number of hydrogen-bond donors (Lipinski definition) is 0. The second-order valence-corrected chi connectivity index (χ2v) is 10.8. The minimum absolute atomic E-state index is 0.0492. The summed E-state index contributed by atoms with van der Waals surface area (Å²) in [5, 5.41) is 5.11. The molecule has 0 aliphatic carbocycles. The highest BCUT2D eigenvalue weighted by Gasteiger charge is 2.17. The van der Waals surface area contributed by atoms with Gasteiger partial charge in [0.15, 0.2) is 11.5 Å². The van der Waals surface area contributed by atoms with Crippen LogP contribution in [0.25, 0.3) is 10.9 Å². The summed E-state index contributed by atoms with van der Waals surface area (Å²) >= 11 is 6.91. The minimum Gasteiger partial charge on any atom is -0.493 e. The second kappa shape index (κ2) is 12.5. The van der Waals surface area contributed by atoms with Gasteiger partial charge >= 0.3 is 0 Å². The van der Waals surface area contributed by atoms with Crippen molar-refractivity contribution < 1.29 is 9.47 Å². The number of rotatable bonds is 10. The number of hydrogen-bond acceptors (Lipinski definition) is 5. The molecule has 0 spiro atoms. The number of halogens is 2. The molecule has 0 saturated carbocycles. The lowest BCUT2D eigenvalue weighted by molar-refractivity contribution is 0.282. The Bertz CT molecular complexity index is 1550. The number of ether oxygens (including phenoxy) is 2. The average Bonchev–Trinajstić information content (AvgIpc) is 2.92. The van der Waals surface area contributed by atoms with Crippen molar-refractivity contribution in [1.82, 2.24) is 9.66 Å². The van der Waals surface area contributed by atoms with Crippen molar-refractivity contribution in [3.63, 3.8) is 0 Å². The first-order valence-electron chi connectivity index (χ1n) is 12.3. The Morgan fingerprint density at radius 3 is 2.53 bits per heavy atom. The molecule has 0 unspecified atom stereocenters. The van der Waals surface area contributed by atoms with E-state index in [-0.39, 0.29) is 11.5 Å². The van der Waals surface area contributed by atoms with Crippen LogP contribution < -0.4 is 15.0 Å². The van der Waals surface area contributed by atoms with Gasteiger partial charge < -0.3 is 9.47 Å². The van der Waals surface area contributed by atoms with Crippen LogP contribution in [-0.2, 0) is 13.0 Å². The van der Waals surface area contributed by atoms with Gasteiger partial charge in [-0.15, -0.1) is 6.58 Å². The van der Waals surface area contributed by atoms with Crippen LogP contribution in [0.3, 0.4) is 0 Å². The van der Waals surface area contributed by atoms with E-state index in [0.717, 1.165) is 32.1 Å². The molecule has 4 rings (SSSR count). The SMILES string of the molecule is C=CCc1cc(C=Nn2c([C@@H](C)CC)nc3ccc(Br)cc3c2=O)cc(OC)c1OCc1ccc(Br)cc1. The molecule has 38 heavy (non-hydrogen) atoms. The van der Waals surface area contributed by atoms with E-state index in [0.29, 0.717) is 41.3 Å². The molecule has 0 aliphatic rings. The highest BCUT2D eigenvalue weighted by Crippen LogP contribution is 2.34. The summed E-state index contributed by atoms with van der Waals surface area (Å²) in [7, 11) is 1.61. The van der Waals surface area contributed by atoms with Gasteiger partial charge in [-0.3, -0.25) is 4.79 Å². The highest BCUT2D eigenvalue weighted by molar-refractivity contribution is 9.10. The Hall–Kier alpha value is -3.23. The smallest absolute Gasteiger partial charge is 0.282 e. The quantitative estimate of drug-likeness (QED) is 0.132. The highest BCUT2D eigenvalue weighted by atomic mass is 79.9. The first kappa shape index (κ1) is 27.8. The molecule has 4 aromatic rings. The van der Waals surface area contributed by atoms with Crippen molar-refractivity contribution in [1.29, 1.82) is 0 Å². The summed E-state index contributed by atoms with van der Waals surface area (Å²) in [4.78, 5) is 18.2. The molecule has 0 bridgehead atoms. The van der Waals surface area contributed by atoms with Gasteiger partial charge in [-0.05, 0) is 66.4 Å². The van der Waals surface area contributed by atoms with Crippen molar-refractivity contribution >= 4 is 49.0 Å². The number of nitrogens with zero attached hydrogens (tertiary/aromatic N) is 3. The van der Waals surface area contributed by atoms with E-state index in [9.17, 15) is 4.79 Å². The van der Waals surface area contributed by atoms with Gasteiger partial charge in [-0.2, -0.15) is 9.78 Å². The zero-order valence-corrected chi connectivity index (χ0v) is 24.8. The predicted molar refractivity (Wildman–Crippen MR) is 161 cm³/mol. The van der Waals surface area contributed by atoms with Crippen LogP contribution in [0.1, 0.15) is 48.7 Å². The Morgan fingerprint density at radius 1 is 1.11 bits per heavy atom. The molecular weight excluding hydrogens is 610 g/mol. The summed E-state index contributed by atoms with van der Waals surface area (Å²) in [6.07, 6.45) is 4.88. The molecule has 0 fully saturated rings. The third kappa shape index (κ3) is 6.25. The molecule has 1 heterocycles. The first-order chi connectivity index (χ1) is 18.3. The van der Waals surface area contributed by atoms with Crippen LogP contribution in [-0.4, -0.2) is 23.0 Å². The van der Waals surface area contributed by atoms with Gasteiger partial charge in [0.05, 0.1) is 24.2 Å². The van der Waals surface area contributed by atoms with Crippen LogP contribution in [0.2, 0.25) is 0 Å². The van der Waals surface area contributed by atoms with Crippen LogP contribution in [0, 0.1) is 0 Å². The van der Waals surface area contributed by atoms with E-state index < -0.39 is 0 Å². The monoisotopic (exact) mass is 637 g/mol. The molecule has 0 N–H and O–H groups in total. The Kier molecular flexibility index (Phi) is 9.17. The molecule has 0 saturated heterocycles. The number of methoxy groups -OCH3 is 1. The number of aromatic nitrogens is 2. The summed E-state index contributed by atoms with van der Waals surface area (Å²) in [6, 6.07) is 17.3. The van der Waals surface area contributed by atoms with Crippen LogP contribution in [0.15, 0.2) is 86.1 Å². The molecule has 0 amide bonds. The number of benzene rings is 3. The minimum atomic E-state index is -0.212. The van der Waals surface area contributed by atoms with Gasteiger partial charge in [0.2, 0.25) is 0 Å². The van der Waals surface area contributed by atoms with E-state index in [1.807, 2.05) is 61.5 Å². The average molecular weight is 639 g/mol. The predicted octanol–water partition coefficient (Wildman–Crippen LogP) is 7.63. The van der Waals surface area contributed by atoms with Gasteiger partial charge in [0.25, 0.3) is 5.56 Å². The van der Waals surface area contributed by atoms with E-state index >= 15 is 0 Å². The maximum Gasteiger partial charge on any atom is 0.282 e. The van der Waals surface area contributed by atoms with Gasteiger partial charge in [0, 0.05) is 20.4 Å². The normalized spacial score (nSPS) is 12.1. The van der Waals surface area contributed by atoms with E-state index in [1.54, 1.807) is 19.4 Å². The topological polar surface area (TPSA) is 65.7 Å². The number of fused-ring (bicyclic) bond motifs is 1. The van der Waals surface area contributed by atoms with Crippen LogP contribution in [0.4, 0.5) is 0 Å². The maximum absolute atomic E-state index is 13.5. The van der Waals surface area contributed by atoms with Crippen molar-refractivity contribution in [2.75, 3.05) is 7.11 Å². The van der Waals surface area contributed by atoms with Crippen molar-refractivity contribution in [3.8, 4) is 11.5 Å². The van der Waals surface area contributed by atoms with Crippen molar-refractivity contribution in [2.24, 2.45) is 5.10 Å². The van der Waals surface area contributed by atoms with Gasteiger partial charge in [-0.25, -0.2) is 4.98 Å². The fourth-order valence-electron chi connectivity index (χ4n) is 4.02. The van der Waals surface area contributed by atoms with Crippen molar-refractivity contribution in [3.05, 3.63) is 109 Å². The van der Waals surface area contributed by atoms with Crippen LogP contribution in [0.5, 0.6) is 11.5 Å². The molecule has 0 aliphatic heterocycles. The molecule has 6 nitrogen and oxygen atoms in total. The first-order valence-corrected chi connectivity index (χ1v) is 13.9. The van der Waals surface area contributed by atoms with E-state index in [4.69, 9.17) is 14.5 Å². The summed E-state index contributed by atoms with van der Waals surface area (Å²) in [6.45, 7) is 8.40. The standard InChI is InChI=1S/C30H29Br2N3O3/c1-5-7-22-14-21(15-27(37-4)28(22)38-18-20-8-10-23(31)11-9-20)17-33-35-29(19(3)6-2)34-26-13-12-24(32)16-25(26)30(35)36/h5,8-17,19H,1,6-7,18H2,2-4H3/t19-/m0/s1. The molecule has 1 atom stereocenters. The zero-order valence-electron chi connectivity index (χ0n) is 21.6. The van der Waals surface area contributed by atoms with E-state index in [1.165, 1.54) is 4.68 Å². The lowest BCUT2D eigenvalue weighted by Gasteiger charge is -2.16. The van der Waals surface area contributed by atoms with Gasteiger partial charge in [0.1, 0.15) is 12.4 Å². The molecule has 1 aromatic heterocycles. The molecule has 8 heteroatoms. The molecule has 196 valence electrons. The fraction of sp³-hybridized carbons (Fsp3) is 0.233. The second-order valence-electron chi connectivity index (χ2n) is 8.92. The van der Waals surface area contributed by atoms with E-state index in [2.05, 4.69) is 50.5 Å². The number of allylic oxidation sites excluding steroid dienone is 1. The van der Waals surface area contributed by atoms with Crippen LogP contribution >= 0.6 is 31.9 Å². The lowest BCUT2D eigenvalue weighted by Crippen LogP contribution is -2.23. The Morgan fingerprint density at radius 2 is 1.84 bits per heavy atom. The third-order valence-electron chi connectivity index (χ3n) is 6.24. The molecular formula is C30H29Br2N3O3. The third-order valence-corrected chi connectivity index (χ3v) is 7.27. The zero-order chi connectivity index (χ0) is 27.2.